The van der Waals surface area contributed by atoms with Crippen LogP contribution in [0.5, 0.6) is 0 Å². The summed E-state index contributed by atoms with van der Waals surface area (Å²) in [7, 11) is 2.18. The van der Waals surface area contributed by atoms with Crippen molar-refractivity contribution in [3.05, 3.63) is 18.2 Å². The summed E-state index contributed by atoms with van der Waals surface area (Å²) >= 11 is 1.85. The lowest BCUT2D eigenvalue weighted by Crippen LogP contribution is -2.31. The Balaban J connectivity index is 1.56. The summed E-state index contributed by atoms with van der Waals surface area (Å²) < 4.78 is 0. The molecule has 1 aromatic heterocycles. The van der Waals surface area contributed by atoms with Crippen molar-refractivity contribution in [2.75, 3.05) is 25.5 Å². The first kappa shape index (κ1) is 15.8. The number of carbonyl (C=O) groups is 1. The molecule has 1 saturated carbocycles. The fourth-order valence-electron chi connectivity index (χ4n) is 3.24. The van der Waals surface area contributed by atoms with Crippen molar-refractivity contribution in [2.24, 2.45) is 5.92 Å². The normalized spacial score (nSPS) is 21.1. The van der Waals surface area contributed by atoms with Crippen LogP contribution < -0.4 is 5.32 Å². The van der Waals surface area contributed by atoms with Gasteiger partial charge in [0.2, 0.25) is 5.91 Å². The van der Waals surface area contributed by atoms with Crippen molar-refractivity contribution in [1.82, 2.24) is 9.88 Å². The molecular formula is C17H25N3OS. The van der Waals surface area contributed by atoms with Gasteiger partial charge in [0.15, 0.2) is 0 Å². The van der Waals surface area contributed by atoms with Crippen LogP contribution in [0.15, 0.2) is 23.2 Å². The molecule has 1 aliphatic carbocycles. The number of rotatable bonds is 4. The number of anilines is 1. The fourth-order valence-corrected chi connectivity index (χ4v) is 4.34. The van der Waals surface area contributed by atoms with Gasteiger partial charge in [0.25, 0.3) is 0 Å². The first-order valence-corrected chi connectivity index (χ1v) is 9.22. The lowest BCUT2D eigenvalue weighted by molar-refractivity contribution is -0.119. The van der Waals surface area contributed by atoms with Crippen molar-refractivity contribution in [3.63, 3.8) is 0 Å². The molecule has 1 N–H and O–H groups in total. The molecular weight excluding hydrogens is 294 g/mol. The average Bonchev–Trinajstić information content (AvgIpc) is 3.04. The third-order valence-corrected chi connectivity index (χ3v) is 5.93. The molecule has 4 nitrogen and oxygen atoms in total. The number of pyridine rings is 1. The van der Waals surface area contributed by atoms with Gasteiger partial charge in [-0.2, -0.15) is 0 Å². The van der Waals surface area contributed by atoms with E-state index < -0.39 is 0 Å². The molecule has 1 aromatic rings. The molecule has 0 unspecified atom stereocenters. The molecule has 0 bridgehead atoms. The molecule has 0 spiro atoms. The van der Waals surface area contributed by atoms with Gasteiger partial charge in [0.05, 0.1) is 5.03 Å². The molecule has 1 amide bonds. The van der Waals surface area contributed by atoms with Crippen molar-refractivity contribution < 1.29 is 4.79 Å². The monoisotopic (exact) mass is 319 g/mol. The number of nitrogens with one attached hydrogen (secondary N) is 1. The molecule has 0 aromatic carbocycles. The molecule has 1 saturated heterocycles. The number of amides is 1. The average molecular weight is 319 g/mol. The fraction of sp³-hybridized carbons (Fsp3) is 0.647. The van der Waals surface area contributed by atoms with Gasteiger partial charge in [-0.05, 0) is 58.0 Å². The van der Waals surface area contributed by atoms with Gasteiger partial charge in [-0.3, -0.25) is 4.79 Å². The van der Waals surface area contributed by atoms with E-state index in [9.17, 15) is 4.79 Å². The lowest BCUT2D eigenvalue weighted by atomic mass is 10.1. The van der Waals surface area contributed by atoms with Crippen molar-refractivity contribution >= 4 is 23.5 Å². The summed E-state index contributed by atoms with van der Waals surface area (Å²) in [5.74, 6) is 1.04. The summed E-state index contributed by atoms with van der Waals surface area (Å²) in [6.45, 7) is 2.32. The highest BCUT2D eigenvalue weighted by molar-refractivity contribution is 7.99. The number of carbonyl (C=O) groups excluding carboxylic acids is 1. The largest absolute Gasteiger partial charge is 0.310 e. The van der Waals surface area contributed by atoms with Crippen LogP contribution in [0.2, 0.25) is 0 Å². The molecule has 120 valence electrons. The summed E-state index contributed by atoms with van der Waals surface area (Å²) in [6, 6.07) is 5.94. The quantitative estimate of drug-likeness (QED) is 0.924. The van der Waals surface area contributed by atoms with Crippen LogP contribution >= 0.6 is 11.8 Å². The van der Waals surface area contributed by atoms with Gasteiger partial charge < -0.3 is 10.2 Å². The van der Waals surface area contributed by atoms with Gasteiger partial charge in [0.1, 0.15) is 5.82 Å². The van der Waals surface area contributed by atoms with Gasteiger partial charge >= 0.3 is 0 Å². The lowest BCUT2D eigenvalue weighted by Gasteiger charge is -2.28. The zero-order chi connectivity index (χ0) is 15.4. The maximum absolute atomic E-state index is 12.2. The van der Waals surface area contributed by atoms with Gasteiger partial charge in [-0.25, -0.2) is 4.98 Å². The van der Waals surface area contributed by atoms with E-state index in [0.29, 0.717) is 11.1 Å². The smallest absolute Gasteiger partial charge is 0.228 e. The number of hydrogen-bond donors (Lipinski definition) is 1. The predicted octanol–water partition coefficient (Wildman–Crippen LogP) is 3.40. The number of nitrogens with zero attached hydrogens (tertiary/aromatic N) is 2. The van der Waals surface area contributed by atoms with E-state index in [1.807, 2.05) is 30.0 Å². The summed E-state index contributed by atoms with van der Waals surface area (Å²) in [6.07, 6.45) is 6.82. The van der Waals surface area contributed by atoms with Gasteiger partial charge in [-0.15, -0.1) is 11.8 Å². The maximum atomic E-state index is 12.2. The Kier molecular flexibility index (Phi) is 5.37. The van der Waals surface area contributed by atoms with Crippen LogP contribution in [0.25, 0.3) is 0 Å². The molecule has 0 radical (unpaired) electrons. The van der Waals surface area contributed by atoms with E-state index >= 15 is 0 Å². The molecule has 2 heterocycles. The number of hydrogen-bond acceptors (Lipinski definition) is 4. The Morgan fingerprint density at radius 2 is 1.95 bits per heavy atom. The van der Waals surface area contributed by atoms with Crippen molar-refractivity contribution in [2.45, 2.75) is 48.8 Å². The highest BCUT2D eigenvalue weighted by atomic mass is 32.2. The van der Waals surface area contributed by atoms with Crippen LogP contribution in [0.4, 0.5) is 5.82 Å². The molecule has 1 aliphatic heterocycles. The zero-order valence-electron chi connectivity index (χ0n) is 13.3. The van der Waals surface area contributed by atoms with E-state index in [-0.39, 0.29) is 11.8 Å². The van der Waals surface area contributed by atoms with E-state index in [2.05, 4.69) is 22.2 Å². The first-order chi connectivity index (χ1) is 10.7. The second kappa shape index (κ2) is 7.47. The number of likely N-dealkylation sites (tertiary alicyclic amines) is 1. The number of piperidine rings is 1. The van der Waals surface area contributed by atoms with Crippen LogP contribution in [-0.2, 0) is 4.79 Å². The predicted molar refractivity (Wildman–Crippen MR) is 91.2 cm³/mol. The SMILES string of the molecule is CN1CCC(Sc2cccc(NC(=O)C3CCCC3)n2)CC1. The van der Waals surface area contributed by atoms with Crippen LogP contribution in [0, 0.1) is 5.92 Å². The van der Waals surface area contributed by atoms with Crippen molar-refractivity contribution in [3.8, 4) is 0 Å². The highest BCUT2D eigenvalue weighted by Gasteiger charge is 2.23. The zero-order valence-corrected chi connectivity index (χ0v) is 14.1. The van der Waals surface area contributed by atoms with Crippen LogP contribution in [-0.4, -0.2) is 41.2 Å². The number of aromatic nitrogens is 1. The maximum Gasteiger partial charge on any atom is 0.228 e. The Morgan fingerprint density at radius 3 is 2.68 bits per heavy atom. The van der Waals surface area contributed by atoms with E-state index in [4.69, 9.17) is 0 Å². The summed E-state index contributed by atoms with van der Waals surface area (Å²) in [5, 5.41) is 4.67. The first-order valence-electron chi connectivity index (χ1n) is 8.34. The third kappa shape index (κ3) is 4.23. The molecule has 3 rings (SSSR count). The molecule has 2 fully saturated rings. The summed E-state index contributed by atoms with van der Waals surface area (Å²) in [5.41, 5.74) is 0. The van der Waals surface area contributed by atoms with Crippen LogP contribution in [0.3, 0.4) is 0 Å². The summed E-state index contributed by atoms with van der Waals surface area (Å²) in [4.78, 5) is 19.2. The third-order valence-electron chi connectivity index (χ3n) is 4.65. The van der Waals surface area contributed by atoms with Gasteiger partial charge in [-0.1, -0.05) is 18.9 Å². The molecule has 0 atom stereocenters. The standard InChI is InChI=1S/C17H25N3OS/c1-20-11-9-14(10-12-20)22-16-8-4-7-15(18-16)19-17(21)13-5-2-3-6-13/h4,7-8,13-14H,2-3,5-6,9-12H2,1H3,(H,18,19,21). The topological polar surface area (TPSA) is 45.2 Å². The molecule has 22 heavy (non-hydrogen) atoms. The minimum absolute atomic E-state index is 0.145. The van der Waals surface area contributed by atoms with Crippen molar-refractivity contribution in [1.29, 1.82) is 0 Å². The van der Waals surface area contributed by atoms with E-state index in [1.165, 1.54) is 25.7 Å². The second-order valence-electron chi connectivity index (χ2n) is 6.45. The molecule has 2 aliphatic rings. The van der Waals surface area contributed by atoms with E-state index in [0.717, 1.165) is 31.0 Å². The highest BCUT2D eigenvalue weighted by Crippen LogP contribution is 2.30. The van der Waals surface area contributed by atoms with E-state index in [1.54, 1.807) is 0 Å². The Morgan fingerprint density at radius 1 is 1.23 bits per heavy atom. The van der Waals surface area contributed by atoms with Crippen LogP contribution in [0.1, 0.15) is 38.5 Å². The minimum atomic E-state index is 0.145. The van der Waals surface area contributed by atoms with Gasteiger partial charge in [0, 0.05) is 11.2 Å². The Labute approximate surface area is 137 Å². The Bertz CT molecular complexity index is 508. The minimum Gasteiger partial charge on any atom is -0.310 e. The second-order valence-corrected chi connectivity index (χ2v) is 7.77. The number of thioether (sulfide) groups is 1. The molecule has 5 heteroatoms. The Hall–Kier alpha value is -1.07.